The lowest BCUT2D eigenvalue weighted by Gasteiger charge is -2.15. The topological polar surface area (TPSA) is 43.4 Å². The van der Waals surface area contributed by atoms with E-state index in [0.717, 1.165) is 12.3 Å². The molecule has 0 aromatic heterocycles. The number of hydrogen-bond donors (Lipinski definition) is 0. The Morgan fingerprint density at radius 1 is 0.920 bits per heavy atom. The van der Waals surface area contributed by atoms with Crippen molar-refractivity contribution in [2.75, 3.05) is 0 Å². The van der Waals surface area contributed by atoms with Gasteiger partial charge in [-0.15, -0.1) is 0 Å². The highest BCUT2D eigenvalue weighted by Gasteiger charge is 2.30. The molecular formula is C22H38O3. The number of carbonyl (C=O) groups is 2. The molecule has 0 aromatic rings. The van der Waals surface area contributed by atoms with Crippen molar-refractivity contribution in [3.8, 4) is 0 Å². The Balaban J connectivity index is 2.05. The maximum absolute atomic E-state index is 11.3. The molecule has 1 saturated heterocycles. The zero-order valence-electron chi connectivity index (χ0n) is 16.4. The molecule has 0 aromatic carbocycles. The van der Waals surface area contributed by atoms with Gasteiger partial charge >= 0.3 is 11.9 Å². The largest absolute Gasteiger partial charge is 0.393 e. The van der Waals surface area contributed by atoms with Gasteiger partial charge in [0.05, 0.1) is 12.3 Å². The number of hydrogen-bond acceptors (Lipinski definition) is 3. The van der Waals surface area contributed by atoms with Crippen LogP contribution in [0.3, 0.4) is 0 Å². The maximum Gasteiger partial charge on any atom is 0.321 e. The predicted molar refractivity (Wildman–Crippen MR) is 103 cm³/mol. The van der Waals surface area contributed by atoms with E-state index in [1.807, 2.05) is 12.2 Å². The third kappa shape index (κ3) is 10.5. The molecule has 0 spiro atoms. The molecule has 0 bridgehead atoms. The molecule has 1 aliphatic rings. The van der Waals surface area contributed by atoms with Gasteiger partial charge in [-0.25, -0.2) is 0 Å². The molecular weight excluding hydrogens is 312 g/mol. The molecule has 3 nitrogen and oxygen atoms in total. The van der Waals surface area contributed by atoms with E-state index in [9.17, 15) is 9.59 Å². The van der Waals surface area contributed by atoms with Crippen LogP contribution in [-0.4, -0.2) is 11.9 Å². The van der Waals surface area contributed by atoms with Gasteiger partial charge in [-0.05, 0) is 18.8 Å². The van der Waals surface area contributed by atoms with E-state index in [0.29, 0.717) is 0 Å². The summed E-state index contributed by atoms with van der Waals surface area (Å²) >= 11 is 0. The summed E-state index contributed by atoms with van der Waals surface area (Å²) in [6, 6.07) is 0. The van der Waals surface area contributed by atoms with E-state index in [4.69, 9.17) is 0 Å². The standard InChI is InChI=1S/C22H38O3/c1-3-5-6-8-11-15-19(14-4-2)16-12-9-7-10-13-17-20-18-21(23)25-22(20)24/h13,17,19-20H,3-12,14-16,18H2,1-2H3. The van der Waals surface area contributed by atoms with Gasteiger partial charge in [-0.3, -0.25) is 9.59 Å². The lowest BCUT2D eigenvalue weighted by atomic mass is 9.91. The van der Waals surface area contributed by atoms with Crippen LogP contribution < -0.4 is 0 Å². The molecule has 1 heterocycles. The number of unbranched alkanes of at least 4 members (excludes halogenated alkanes) is 7. The van der Waals surface area contributed by atoms with Gasteiger partial charge in [-0.2, -0.15) is 0 Å². The Kier molecular flexibility index (Phi) is 12.4. The van der Waals surface area contributed by atoms with E-state index in [1.54, 1.807) is 0 Å². The lowest BCUT2D eigenvalue weighted by Crippen LogP contribution is -2.03. The minimum atomic E-state index is -0.392. The van der Waals surface area contributed by atoms with Crippen molar-refractivity contribution in [3.63, 3.8) is 0 Å². The maximum atomic E-state index is 11.3. The van der Waals surface area contributed by atoms with Crippen LogP contribution in [0.2, 0.25) is 0 Å². The SMILES string of the molecule is CCCCCCCC(CCC)CCCCCC=CC1CC(=O)OC1=O. The Labute approximate surface area is 154 Å². The van der Waals surface area contributed by atoms with E-state index in [2.05, 4.69) is 18.6 Å². The van der Waals surface area contributed by atoms with Gasteiger partial charge in [0.15, 0.2) is 0 Å². The third-order valence-electron chi connectivity index (χ3n) is 5.17. The van der Waals surface area contributed by atoms with Gasteiger partial charge in [0, 0.05) is 0 Å². The van der Waals surface area contributed by atoms with E-state index in [-0.39, 0.29) is 18.3 Å². The lowest BCUT2D eigenvalue weighted by molar-refractivity contribution is -0.152. The molecule has 2 atom stereocenters. The fourth-order valence-corrected chi connectivity index (χ4v) is 3.65. The first kappa shape index (κ1) is 21.9. The van der Waals surface area contributed by atoms with Gasteiger partial charge in [0.2, 0.25) is 0 Å². The quantitative estimate of drug-likeness (QED) is 0.149. The number of cyclic esters (lactones) is 2. The Bertz CT molecular complexity index is 400. The van der Waals surface area contributed by atoms with Crippen LogP contribution in [-0.2, 0) is 14.3 Å². The fraction of sp³-hybridized carbons (Fsp3) is 0.818. The smallest absolute Gasteiger partial charge is 0.321 e. The third-order valence-corrected chi connectivity index (χ3v) is 5.17. The summed E-state index contributed by atoms with van der Waals surface area (Å²) in [7, 11) is 0. The zero-order chi connectivity index (χ0) is 18.3. The molecule has 0 saturated carbocycles. The molecule has 1 fully saturated rings. The van der Waals surface area contributed by atoms with Crippen LogP contribution in [0, 0.1) is 11.8 Å². The van der Waals surface area contributed by atoms with Crippen LogP contribution >= 0.6 is 0 Å². The fourth-order valence-electron chi connectivity index (χ4n) is 3.65. The Morgan fingerprint density at radius 3 is 2.20 bits per heavy atom. The van der Waals surface area contributed by atoms with Crippen molar-refractivity contribution < 1.29 is 14.3 Å². The zero-order valence-corrected chi connectivity index (χ0v) is 16.4. The average Bonchev–Trinajstić information content (AvgIpc) is 2.91. The molecule has 0 amide bonds. The van der Waals surface area contributed by atoms with Gasteiger partial charge in [0.25, 0.3) is 0 Å². The summed E-state index contributed by atoms with van der Waals surface area (Å²) < 4.78 is 4.54. The highest BCUT2D eigenvalue weighted by atomic mass is 16.6. The van der Waals surface area contributed by atoms with Crippen molar-refractivity contribution in [3.05, 3.63) is 12.2 Å². The molecule has 0 aliphatic carbocycles. The first-order valence-corrected chi connectivity index (χ1v) is 10.6. The van der Waals surface area contributed by atoms with Crippen molar-refractivity contribution in [2.24, 2.45) is 11.8 Å². The number of esters is 2. The molecule has 0 N–H and O–H groups in total. The highest BCUT2D eigenvalue weighted by molar-refractivity contribution is 5.95. The first-order chi connectivity index (χ1) is 12.2. The second-order valence-electron chi connectivity index (χ2n) is 7.53. The summed E-state index contributed by atoms with van der Waals surface area (Å²) in [4.78, 5) is 22.3. The molecule has 0 radical (unpaired) electrons. The Morgan fingerprint density at radius 2 is 1.60 bits per heavy atom. The summed E-state index contributed by atoms with van der Waals surface area (Å²) in [6.07, 6.45) is 21.2. The van der Waals surface area contributed by atoms with Gasteiger partial charge in [0.1, 0.15) is 0 Å². The van der Waals surface area contributed by atoms with Crippen LogP contribution in [0.25, 0.3) is 0 Å². The number of ether oxygens (including phenoxy) is 1. The van der Waals surface area contributed by atoms with Crippen molar-refractivity contribution in [1.29, 1.82) is 0 Å². The summed E-state index contributed by atoms with van der Waals surface area (Å²) in [5, 5.41) is 0. The first-order valence-electron chi connectivity index (χ1n) is 10.6. The van der Waals surface area contributed by atoms with Crippen LogP contribution in [0.5, 0.6) is 0 Å². The minimum Gasteiger partial charge on any atom is -0.393 e. The molecule has 25 heavy (non-hydrogen) atoms. The predicted octanol–water partition coefficient (Wildman–Crippen LogP) is 6.36. The Hall–Kier alpha value is -1.12. The molecule has 1 aliphatic heterocycles. The van der Waals surface area contributed by atoms with Crippen LogP contribution in [0.4, 0.5) is 0 Å². The highest BCUT2D eigenvalue weighted by Crippen LogP contribution is 2.23. The van der Waals surface area contributed by atoms with Crippen molar-refractivity contribution >= 4 is 11.9 Å². The average molecular weight is 351 g/mol. The number of carbonyl (C=O) groups excluding carboxylic acids is 2. The second-order valence-corrected chi connectivity index (χ2v) is 7.53. The van der Waals surface area contributed by atoms with Crippen molar-refractivity contribution in [1.82, 2.24) is 0 Å². The summed E-state index contributed by atoms with van der Waals surface area (Å²) in [5.41, 5.74) is 0. The van der Waals surface area contributed by atoms with E-state index >= 15 is 0 Å². The van der Waals surface area contributed by atoms with Crippen LogP contribution in [0.1, 0.15) is 104 Å². The molecule has 144 valence electrons. The normalized spacial score (nSPS) is 18.9. The van der Waals surface area contributed by atoms with Gasteiger partial charge in [-0.1, -0.05) is 96.6 Å². The number of allylic oxidation sites excluding steroid dienone is 1. The summed E-state index contributed by atoms with van der Waals surface area (Å²) in [5.74, 6) is -0.200. The van der Waals surface area contributed by atoms with Crippen molar-refractivity contribution in [2.45, 2.75) is 104 Å². The second kappa shape index (κ2) is 14.1. The summed E-state index contributed by atoms with van der Waals surface area (Å²) in [6.45, 7) is 4.57. The molecule has 1 rings (SSSR count). The van der Waals surface area contributed by atoms with Gasteiger partial charge < -0.3 is 4.74 Å². The minimum absolute atomic E-state index is 0.215. The van der Waals surface area contributed by atoms with E-state index in [1.165, 1.54) is 77.0 Å². The van der Waals surface area contributed by atoms with Crippen LogP contribution in [0.15, 0.2) is 12.2 Å². The molecule has 3 heteroatoms. The number of rotatable bonds is 15. The molecule has 2 unspecified atom stereocenters. The van der Waals surface area contributed by atoms with E-state index < -0.39 is 5.97 Å². The monoisotopic (exact) mass is 350 g/mol.